The highest BCUT2D eigenvalue weighted by Crippen LogP contribution is 2.24. The topological polar surface area (TPSA) is 98.7 Å². The molecule has 0 aliphatic carbocycles. The van der Waals surface area contributed by atoms with Crippen LogP contribution in [0, 0.1) is 5.89 Å². The van der Waals surface area contributed by atoms with Crippen LogP contribution >= 0.6 is 0 Å². The first-order chi connectivity index (χ1) is 20.5. The van der Waals surface area contributed by atoms with E-state index in [1.54, 1.807) is 0 Å². The number of carbonyl (C=O) groups is 3. The number of carbonyl (C=O) groups excluding carboxylic acids is 3. The minimum Gasteiger partial charge on any atom is -0.383 e. The third kappa shape index (κ3) is 4.40. The van der Waals surface area contributed by atoms with Crippen LogP contribution in [0.5, 0.6) is 0 Å². The van der Waals surface area contributed by atoms with E-state index in [0.29, 0.717) is 0 Å². The molecule has 0 saturated heterocycles. The second-order valence-electron chi connectivity index (χ2n) is 4.82. The summed E-state index contributed by atoms with van der Waals surface area (Å²) in [5, 5.41) is 13.1. The second kappa shape index (κ2) is 8.31. The summed E-state index contributed by atoms with van der Waals surface area (Å²) < 4.78 is 164. The first-order valence-corrected chi connectivity index (χ1v) is 6.83. The SMILES string of the molecule is [2H]c1c([2H])c([2H])c2c(c1[2H])CC([2H])([2H])N(C([2H])([2H])[2H])C(=O)[C@@]2([2H])NC(=O)[C@@H](NC(=O)[C@@]([2H])(O)C([2H])(C([2H])([2H])[2H])C([2H])([2H])[2H])C([2H])([2H])[2H]. The van der Waals surface area contributed by atoms with Crippen LogP contribution in [0.2, 0.25) is 0 Å². The summed E-state index contributed by atoms with van der Waals surface area (Å²) in [6, 6.07) is -11.5. The van der Waals surface area contributed by atoms with Crippen LogP contribution in [0.15, 0.2) is 24.2 Å². The molecule has 3 amide bonds. The summed E-state index contributed by atoms with van der Waals surface area (Å²) >= 11 is 0. The summed E-state index contributed by atoms with van der Waals surface area (Å²) in [6.07, 6.45) is -5.86. The molecule has 1 aromatic carbocycles. The first-order valence-electron chi connectivity index (χ1n) is 17.3. The number of aliphatic hydroxyl groups is 1. The van der Waals surface area contributed by atoms with Crippen LogP contribution in [-0.2, 0) is 20.8 Å². The number of nitrogens with one attached hydrogen (secondary N) is 2. The van der Waals surface area contributed by atoms with Crippen LogP contribution in [-0.4, -0.2) is 53.3 Å². The molecule has 0 bridgehead atoms. The first kappa shape index (κ1) is 5.79. The molecule has 0 radical (unpaired) electrons. The molecule has 26 heavy (non-hydrogen) atoms. The van der Waals surface area contributed by atoms with E-state index in [0.717, 1.165) is 0 Å². The average Bonchev–Trinajstić information content (AvgIpc) is 2.91. The maximum atomic E-state index is 13.7. The smallest absolute Gasteiger partial charge is 0.249 e. The van der Waals surface area contributed by atoms with Gasteiger partial charge in [-0.05, 0) is 30.3 Å². The molecule has 0 saturated carbocycles. The molecule has 142 valence electrons. The number of hydrogen-bond acceptors (Lipinski definition) is 4. The molecular formula is C19H27N3O4. The van der Waals surface area contributed by atoms with Gasteiger partial charge in [-0.2, -0.15) is 0 Å². The van der Waals surface area contributed by atoms with Gasteiger partial charge in [-0.25, -0.2) is 0 Å². The quantitative estimate of drug-likeness (QED) is 0.686. The van der Waals surface area contributed by atoms with Gasteiger partial charge in [0.05, 0.1) is 8.22 Å². The van der Waals surface area contributed by atoms with Gasteiger partial charge in [-0.15, -0.1) is 0 Å². The van der Waals surface area contributed by atoms with Crippen LogP contribution in [0.4, 0.5) is 0 Å². The van der Waals surface area contributed by atoms with E-state index in [1.807, 2.05) is 0 Å². The Kier molecular flexibility index (Phi) is 1.85. The largest absolute Gasteiger partial charge is 0.383 e. The standard InChI is InChI=1S/C19H27N3O4/c1-11(2)16(23)18(25)20-12(3)17(24)21-15-14-8-6-5-7-13(14)9-10-22(4)19(15)26/h5-8,11-12,15-16,23H,9-10H2,1-4H3,(H,20,25)(H,21,24)/t12-,15-,16-/m0/s1/i1D3,2D3,3D3,4D3,5D,6D,7D,8D,10D2,11D,15D,16D. The summed E-state index contributed by atoms with van der Waals surface area (Å²) in [7, 11) is 0. The third-order valence-corrected chi connectivity index (χ3v) is 3.08. The highest BCUT2D eigenvalue weighted by molar-refractivity contribution is 5.93. The Labute approximate surface area is 183 Å². The summed E-state index contributed by atoms with van der Waals surface area (Å²) in [5.74, 6) is -11.3. The lowest BCUT2D eigenvalue weighted by molar-refractivity contribution is -0.137. The summed E-state index contributed by atoms with van der Waals surface area (Å²) in [4.78, 5) is 39.6. The molecule has 2 rings (SSSR count). The van der Waals surface area contributed by atoms with Gasteiger partial charge in [-0.3, -0.25) is 14.4 Å². The van der Waals surface area contributed by atoms with Crippen molar-refractivity contribution >= 4 is 17.7 Å². The Bertz CT molecular complexity index is 1450. The number of fused-ring (bicyclic) bond motifs is 1. The Hall–Kier alpha value is -2.41. The van der Waals surface area contributed by atoms with Crippen molar-refractivity contribution < 1.29 is 48.3 Å². The fourth-order valence-corrected chi connectivity index (χ4v) is 1.82. The molecule has 0 unspecified atom stereocenters. The number of likely N-dealkylation sites (N-methyl/N-ethyl adjacent to an activating group) is 1. The lowest BCUT2D eigenvalue weighted by Gasteiger charge is -2.24. The highest BCUT2D eigenvalue weighted by atomic mass is 16.3. The van der Waals surface area contributed by atoms with E-state index in [4.69, 9.17) is 28.8 Å². The van der Waals surface area contributed by atoms with Gasteiger partial charge in [-0.1, -0.05) is 37.9 Å². The molecule has 1 heterocycles. The van der Waals surface area contributed by atoms with Crippen molar-refractivity contribution in [2.75, 3.05) is 13.5 Å². The van der Waals surface area contributed by atoms with Crippen molar-refractivity contribution in [1.29, 1.82) is 0 Å². The van der Waals surface area contributed by atoms with Crippen molar-refractivity contribution in [1.82, 2.24) is 15.5 Å². The zero-order valence-electron chi connectivity index (χ0n) is 33.9. The lowest BCUT2D eigenvalue weighted by Crippen LogP contribution is -2.51. The number of nitrogens with zero attached hydrogens (tertiary/aromatic N) is 1. The number of rotatable bonds is 5. The summed E-state index contributed by atoms with van der Waals surface area (Å²) in [6.45, 7) is -19.2. The minimum absolute atomic E-state index is 0.536. The second-order valence-corrected chi connectivity index (χ2v) is 4.82. The predicted octanol–water partition coefficient (Wildman–Crippen LogP) is 0.380. The Morgan fingerprint density at radius 1 is 1.42 bits per heavy atom. The monoisotopic (exact) mass is 382 g/mol. The third-order valence-electron chi connectivity index (χ3n) is 3.08. The Morgan fingerprint density at radius 3 is 2.88 bits per heavy atom. The van der Waals surface area contributed by atoms with Gasteiger partial charge < -0.3 is 20.6 Å². The molecule has 0 spiro atoms. The molecule has 3 atom stereocenters. The number of hydrogen-bond donors (Lipinski definition) is 3. The van der Waals surface area contributed by atoms with E-state index in [-0.39, 0.29) is 0 Å². The van der Waals surface area contributed by atoms with Crippen LogP contribution in [0.3, 0.4) is 0 Å². The van der Waals surface area contributed by atoms with Crippen LogP contribution in [0.1, 0.15) is 66.5 Å². The van der Waals surface area contributed by atoms with Crippen molar-refractivity contribution in [3.63, 3.8) is 0 Å². The maximum Gasteiger partial charge on any atom is 0.249 e. The van der Waals surface area contributed by atoms with Gasteiger partial charge in [0.1, 0.15) is 18.1 Å². The van der Waals surface area contributed by atoms with Crippen molar-refractivity contribution in [2.24, 2.45) is 5.89 Å². The molecule has 7 nitrogen and oxygen atoms in total. The van der Waals surface area contributed by atoms with E-state index in [1.165, 1.54) is 10.6 Å². The summed E-state index contributed by atoms with van der Waals surface area (Å²) in [5.41, 5.74) is -2.11. The van der Waals surface area contributed by atoms with Gasteiger partial charge >= 0.3 is 0 Å². The fraction of sp³-hybridized carbons (Fsp3) is 0.526. The van der Waals surface area contributed by atoms with Gasteiger partial charge in [0.2, 0.25) is 17.7 Å². The zero-order valence-corrected chi connectivity index (χ0v) is 12.9. The lowest BCUT2D eigenvalue weighted by atomic mass is 9.99. The zero-order chi connectivity index (χ0) is 37.5. The highest BCUT2D eigenvalue weighted by Gasteiger charge is 2.32. The normalized spacial score (nSPS) is 39.5. The Balaban J connectivity index is 2.85. The molecule has 7 heteroatoms. The Morgan fingerprint density at radius 2 is 2.19 bits per heavy atom. The fourth-order valence-electron chi connectivity index (χ4n) is 1.82. The number of benzene rings is 1. The van der Waals surface area contributed by atoms with Gasteiger partial charge in [0, 0.05) is 34.0 Å². The average molecular weight is 383 g/mol. The molecule has 3 N–H and O–H groups in total. The van der Waals surface area contributed by atoms with Crippen LogP contribution < -0.4 is 10.6 Å². The molecular weight excluding hydrogens is 334 g/mol. The minimum atomic E-state index is -4.57. The number of amides is 3. The van der Waals surface area contributed by atoms with Crippen LogP contribution in [0.25, 0.3) is 0 Å². The van der Waals surface area contributed by atoms with E-state index >= 15 is 0 Å². The molecule has 1 aromatic rings. The molecule has 1 aliphatic rings. The van der Waals surface area contributed by atoms with Crippen molar-refractivity contribution in [3.8, 4) is 0 Å². The predicted molar refractivity (Wildman–Crippen MR) is 97.1 cm³/mol. The van der Waals surface area contributed by atoms with E-state index in [9.17, 15) is 19.5 Å². The molecule has 0 fully saturated rings. The van der Waals surface area contributed by atoms with E-state index < -0.39 is 122 Å². The van der Waals surface area contributed by atoms with Crippen molar-refractivity contribution in [2.45, 2.75) is 45.1 Å². The molecule has 1 aliphatic heterocycles. The van der Waals surface area contributed by atoms with Crippen molar-refractivity contribution in [3.05, 3.63) is 35.3 Å². The van der Waals surface area contributed by atoms with E-state index in [2.05, 4.69) is 0 Å². The van der Waals surface area contributed by atoms with Gasteiger partial charge in [0.25, 0.3) is 0 Å². The molecule has 0 aromatic heterocycles. The van der Waals surface area contributed by atoms with Gasteiger partial charge in [0.15, 0.2) is 0 Å². The maximum absolute atomic E-state index is 13.7.